The molecular weight excluding hydrogens is 360 g/mol. The Morgan fingerprint density at radius 3 is 2.26 bits per heavy atom. The van der Waals surface area contributed by atoms with E-state index in [9.17, 15) is 4.79 Å². The monoisotopic (exact) mass is 382 g/mol. The molecule has 27 heavy (non-hydrogen) atoms. The van der Waals surface area contributed by atoms with Gasteiger partial charge in [0, 0.05) is 37.2 Å². The summed E-state index contributed by atoms with van der Waals surface area (Å²) >= 11 is 1.40. The molecular formula is C19H22N6OS. The quantitative estimate of drug-likeness (QED) is 0.696. The maximum atomic E-state index is 12.4. The van der Waals surface area contributed by atoms with E-state index < -0.39 is 0 Å². The highest BCUT2D eigenvalue weighted by Crippen LogP contribution is 2.21. The molecule has 0 spiro atoms. The van der Waals surface area contributed by atoms with Crippen molar-refractivity contribution < 1.29 is 4.79 Å². The van der Waals surface area contributed by atoms with Crippen LogP contribution in [0.3, 0.4) is 0 Å². The smallest absolute Gasteiger partial charge is 0.267 e. The first kappa shape index (κ1) is 18.8. The number of aromatic nitrogens is 3. The SMILES string of the molecule is Cc1cc(N(C)C)nc(Nc2ccc(NC(=O)c3sc(C)nc3C)cc2)n1. The van der Waals surface area contributed by atoms with E-state index in [4.69, 9.17) is 0 Å². The predicted octanol–water partition coefficient (Wildman–Crippen LogP) is 3.92. The molecule has 3 aromatic rings. The Bertz CT molecular complexity index is 965. The number of carbonyl (C=O) groups is 1. The van der Waals surface area contributed by atoms with Crippen LogP contribution in [0, 0.1) is 20.8 Å². The van der Waals surface area contributed by atoms with Crippen LogP contribution in [-0.2, 0) is 0 Å². The predicted molar refractivity (Wildman–Crippen MR) is 110 cm³/mol. The molecule has 1 amide bonds. The van der Waals surface area contributed by atoms with Crippen LogP contribution in [0.4, 0.5) is 23.1 Å². The standard InChI is InChI=1S/C19H22N6OS/c1-11-10-16(25(4)5)24-19(20-11)23-15-8-6-14(7-9-15)22-18(26)17-12(2)21-13(3)27-17/h6-10H,1-5H3,(H,22,26)(H,20,23,24). The van der Waals surface area contributed by atoms with Crippen molar-refractivity contribution in [2.75, 3.05) is 29.6 Å². The maximum Gasteiger partial charge on any atom is 0.267 e. The lowest BCUT2D eigenvalue weighted by atomic mass is 10.2. The van der Waals surface area contributed by atoms with Gasteiger partial charge in [-0.05, 0) is 45.0 Å². The van der Waals surface area contributed by atoms with E-state index in [-0.39, 0.29) is 5.91 Å². The Balaban J connectivity index is 1.70. The molecule has 2 heterocycles. The summed E-state index contributed by atoms with van der Waals surface area (Å²) in [4.78, 5) is 28.1. The summed E-state index contributed by atoms with van der Waals surface area (Å²) in [7, 11) is 3.88. The summed E-state index contributed by atoms with van der Waals surface area (Å²) in [5.41, 5.74) is 3.19. The molecule has 1 aromatic carbocycles. The highest BCUT2D eigenvalue weighted by molar-refractivity contribution is 7.13. The Labute approximate surface area is 162 Å². The van der Waals surface area contributed by atoms with Crippen LogP contribution in [0.25, 0.3) is 0 Å². The molecule has 0 aliphatic carbocycles. The molecule has 8 heteroatoms. The third-order valence-electron chi connectivity index (χ3n) is 3.81. The molecule has 0 unspecified atom stereocenters. The summed E-state index contributed by atoms with van der Waals surface area (Å²) in [5, 5.41) is 6.98. The van der Waals surface area contributed by atoms with Crippen molar-refractivity contribution in [3.8, 4) is 0 Å². The van der Waals surface area contributed by atoms with Gasteiger partial charge in [0.2, 0.25) is 5.95 Å². The van der Waals surface area contributed by atoms with Crippen LogP contribution in [0.15, 0.2) is 30.3 Å². The van der Waals surface area contributed by atoms with Crippen LogP contribution >= 0.6 is 11.3 Å². The lowest BCUT2D eigenvalue weighted by molar-refractivity contribution is 0.103. The van der Waals surface area contributed by atoms with Gasteiger partial charge in [-0.3, -0.25) is 4.79 Å². The number of anilines is 4. The van der Waals surface area contributed by atoms with Gasteiger partial charge < -0.3 is 15.5 Å². The van der Waals surface area contributed by atoms with Gasteiger partial charge in [-0.15, -0.1) is 11.3 Å². The fourth-order valence-electron chi connectivity index (χ4n) is 2.53. The number of carbonyl (C=O) groups excluding carboxylic acids is 1. The first-order valence-electron chi connectivity index (χ1n) is 8.47. The minimum absolute atomic E-state index is 0.142. The van der Waals surface area contributed by atoms with Crippen molar-refractivity contribution in [2.24, 2.45) is 0 Å². The van der Waals surface area contributed by atoms with E-state index in [1.165, 1.54) is 11.3 Å². The third kappa shape index (κ3) is 4.59. The number of amides is 1. The molecule has 0 aliphatic heterocycles. The summed E-state index contributed by atoms with van der Waals surface area (Å²) in [6.07, 6.45) is 0. The molecule has 0 saturated heterocycles. The largest absolute Gasteiger partial charge is 0.363 e. The second-order valence-electron chi connectivity index (χ2n) is 6.39. The first-order chi connectivity index (χ1) is 12.8. The van der Waals surface area contributed by atoms with Gasteiger partial charge in [0.05, 0.1) is 10.7 Å². The average Bonchev–Trinajstić information content (AvgIpc) is 2.94. The molecule has 0 aliphatic rings. The zero-order valence-electron chi connectivity index (χ0n) is 16.0. The zero-order chi connectivity index (χ0) is 19.6. The Morgan fingerprint density at radius 2 is 1.67 bits per heavy atom. The number of aryl methyl sites for hydroxylation is 3. The topological polar surface area (TPSA) is 83.0 Å². The van der Waals surface area contributed by atoms with Crippen molar-refractivity contribution in [2.45, 2.75) is 20.8 Å². The van der Waals surface area contributed by atoms with Gasteiger partial charge in [-0.2, -0.15) is 4.98 Å². The number of benzene rings is 1. The number of hydrogen-bond donors (Lipinski definition) is 2. The summed E-state index contributed by atoms with van der Waals surface area (Å²) in [6, 6.07) is 9.36. The van der Waals surface area contributed by atoms with E-state index in [2.05, 4.69) is 25.6 Å². The van der Waals surface area contributed by atoms with E-state index in [1.54, 1.807) is 0 Å². The lowest BCUT2D eigenvalue weighted by Gasteiger charge is -2.14. The van der Waals surface area contributed by atoms with Crippen molar-refractivity contribution in [3.05, 3.63) is 51.6 Å². The fraction of sp³-hybridized carbons (Fsp3) is 0.263. The third-order valence-corrected chi connectivity index (χ3v) is 4.88. The maximum absolute atomic E-state index is 12.4. The Morgan fingerprint density at radius 1 is 1.00 bits per heavy atom. The fourth-order valence-corrected chi connectivity index (χ4v) is 3.35. The second-order valence-corrected chi connectivity index (χ2v) is 7.59. The normalized spacial score (nSPS) is 10.6. The molecule has 0 fully saturated rings. The number of nitrogens with one attached hydrogen (secondary N) is 2. The van der Waals surface area contributed by atoms with Crippen LogP contribution in [0.2, 0.25) is 0 Å². The highest BCUT2D eigenvalue weighted by Gasteiger charge is 2.14. The number of hydrogen-bond acceptors (Lipinski definition) is 7. The van der Waals surface area contributed by atoms with Crippen molar-refractivity contribution in [3.63, 3.8) is 0 Å². The molecule has 2 aromatic heterocycles. The molecule has 7 nitrogen and oxygen atoms in total. The Hall–Kier alpha value is -3.00. The lowest BCUT2D eigenvalue weighted by Crippen LogP contribution is -2.13. The van der Waals surface area contributed by atoms with E-state index in [0.29, 0.717) is 10.8 Å². The van der Waals surface area contributed by atoms with Gasteiger partial charge in [0.25, 0.3) is 5.91 Å². The summed E-state index contributed by atoms with van der Waals surface area (Å²) in [6.45, 7) is 5.67. The summed E-state index contributed by atoms with van der Waals surface area (Å²) in [5.74, 6) is 1.23. The molecule has 2 N–H and O–H groups in total. The molecule has 3 rings (SSSR count). The highest BCUT2D eigenvalue weighted by atomic mass is 32.1. The van der Waals surface area contributed by atoms with E-state index in [1.807, 2.05) is 70.1 Å². The molecule has 140 valence electrons. The minimum atomic E-state index is -0.142. The van der Waals surface area contributed by atoms with Crippen molar-refractivity contribution in [1.82, 2.24) is 15.0 Å². The molecule has 0 radical (unpaired) electrons. The van der Waals surface area contributed by atoms with Gasteiger partial charge in [0.15, 0.2) is 0 Å². The Kier molecular flexibility index (Phi) is 5.36. The minimum Gasteiger partial charge on any atom is -0.363 e. The van der Waals surface area contributed by atoms with Gasteiger partial charge in [0.1, 0.15) is 10.7 Å². The van der Waals surface area contributed by atoms with Gasteiger partial charge in [-0.25, -0.2) is 9.97 Å². The number of thiazole rings is 1. The van der Waals surface area contributed by atoms with Crippen LogP contribution in [0.5, 0.6) is 0 Å². The number of nitrogens with zero attached hydrogens (tertiary/aromatic N) is 4. The van der Waals surface area contributed by atoms with Crippen LogP contribution in [-0.4, -0.2) is 35.0 Å². The van der Waals surface area contributed by atoms with Crippen LogP contribution < -0.4 is 15.5 Å². The molecule has 0 bridgehead atoms. The van der Waals surface area contributed by atoms with E-state index in [0.717, 1.165) is 33.6 Å². The van der Waals surface area contributed by atoms with Crippen molar-refractivity contribution >= 4 is 40.4 Å². The summed E-state index contributed by atoms with van der Waals surface area (Å²) < 4.78 is 0. The first-order valence-corrected chi connectivity index (χ1v) is 9.29. The van der Waals surface area contributed by atoms with E-state index >= 15 is 0 Å². The van der Waals surface area contributed by atoms with Gasteiger partial charge in [-0.1, -0.05) is 0 Å². The number of rotatable bonds is 5. The average molecular weight is 382 g/mol. The second kappa shape index (κ2) is 7.71. The van der Waals surface area contributed by atoms with Crippen LogP contribution in [0.1, 0.15) is 26.1 Å². The zero-order valence-corrected chi connectivity index (χ0v) is 16.8. The van der Waals surface area contributed by atoms with Gasteiger partial charge >= 0.3 is 0 Å². The molecule has 0 atom stereocenters. The van der Waals surface area contributed by atoms with Crippen molar-refractivity contribution in [1.29, 1.82) is 0 Å². The molecule has 0 saturated carbocycles.